The zero-order chi connectivity index (χ0) is 11.5. The number of amides is 1. The first-order valence-corrected chi connectivity index (χ1v) is 5.67. The smallest absolute Gasteiger partial charge is 0.255 e. The van der Waals surface area contributed by atoms with Gasteiger partial charge < -0.3 is 10.6 Å². The molecule has 0 aromatic carbocycles. The van der Waals surface area contributed by atoms with Crippen LogP contribution in [-0.4, -0.2) is 28.9 Å². The molecule has 1 aliphatic heterocycles. The van der Waals surface area contributed by atoms with E-state index in [2.05, 4.69) is 11.9 Å². The number of carbonyl (C=O) groups is 1. The van der Waals surface area contributed by atoms with E-state index in [1.807, 2.05) is 4.90 Å². The quantitative estimate of drug-likeness (QED) is 0.779. The van der Waals surface area contributed by atoms with Crippen molar-refractivity contribution in [2.45, 2.75) is 19.8 Å². The molecule has 86 valence electrons. The highest BCUT2D eigenvalue weighted by Gasteiger charge is 2.21. The lowest BCUT2D eigenvalue weighted by Gasteiger charge is -2.30. The molecule has 0 radical (unpaired) electrons. The molecule has 0 aliphatic carbocycles. The van der Waals surface area contributed by atoms with Crippen molar-refractivity contribution in [1.82, 2.24) is 9.88 Å². The molecule has 0 bridgehead atoms. The van der Waals surface area contributed by atoms with Gasteiger partial charge in [0, 0.05) is 19.3 Å². The van der Waals surface area contributed by atoms with E-state index >= 15 is 0 Å². The van der Waals surface area contributed by atoms with Gasteiger partial charge in [0.2, 0.25) is 0 Å². The molecule has 2 heterocycles. The summed E-state index contributed by atoms with van der Waals surface area (Å²) in [5, 5.41) is 0. The maximum Gasteiger partial charge on any atom is 0.255 e. The van der Waals surface area contributed by atoms with Crippen molar-refractivity contribution in [1.29, 1.82) is 0 Å². The van der Waals surface area contributed by atoms with Crippen LogP contribution in [0, 0.1) is 5.92 Å². The largest absolute Gasteiger partial charge is 0.384 e. The van der Waals surface area contributed by atoms with E-state index in [9.17, 15) is 4.79 Å². The molecule has 0 spiro atoms. The van der Waals surface area contributed by atoms with Gasteiger partial charge in [0.15, 0.2) is 0 Å². The number of nitrogen functional groups attached to an aromatic ring is 1. The fraction of sp³-hybridized carbons (Fsp3) is 0.500. The van der Waals surface area contributed by atoms with Crippen LogP contribution < -0.4 is 5.73 Å². The number of pyridine rings is 1. The number of rotatable bonds is 1. The Labute approximate surface area is 95.5 Å². The number of nitrogens with two attached hydrogens (primary N) is 1. The van der Waals surface area contributed by atoms with Crippen molar-refractivity contribution < 1.29 is 4.79 Å². The molecule has 0 atom stereocenters. The van der Waals surface area contributed by atoms with Gasteiger partial charge >= 0.3 is 0 Å². The lowest BCUT2D eigenvalue weighted by molar-refractivity contribution is 0.0697. The molecule has 4 nitrogen and oxygen atoms in total. The summed E-state index contributed by atoms with van der Waals surface area (Å²) in [7, 11) is 0. The Hall–Kier alpha value is -1.58. The number of carbonyl (C=O) groups excluding carboxylic acids is 1. The average molecular weight is 219 g/mol. The third kappa shape index (κ3) is 2.32. The fourth-order valence-corrected chi connectivity index (χ4v) is 1.93. The van der Waals surface area contributed by atoms with Crippen LogP contribution in [0.5, 0.6) is 0 Å². The van der Waals surface area contributed by atoms with E-state index in [-0.39, 0.29) is 5.91 Å². The number of nitrogens with zero attached hydrogens (tertiary/aromatic N) is 2. The lowest BCUT2D eigenvalue weighted by Crippen LogP contribution is -2.37. The molecular formula is C12H17N3O. The Morgan fingerprint density at radius 1 is 1.44 bits per heavy atom. The van der Waals surface area contributed by atoms with Gasteiger partial charge in [-0.15, -0.1) is 0 Å². The first-order chi connectivity index (χ1) is 7.66. The van der Waals surface area contributed by atoms with Gasteiger partial charge in [0.05, 0.1) is 5.56 Å². The topological polar surface area (TPSA) is 59.2 Å². The summed E-state index contributed by atoms with van der Waals surface area (Å²) in [6.45, 7) is 3.93. The molecule has 1 aromatic heterocycles. The molecule has 2 rings (SSSR count). The molecule has 1 fully saturated rings. The van der Waals surface area contributed by atoms with E-state index in [4.69, 9.17) is 5.73 Å². The molecule has 0 saturated carbocycles. The Bertz CT molecular complexity index is 366. The minimum atomic E-state index is 0.0689. The molecule has 1 aliphatic rings. The van der Waals surface area contributed by atoms with Crippen LogP contribution in [0.4, 0.5) is 5.82 Å². The zero-order valence-corrected chi connectivity index (χ0v) is 9.52. The highest BCUT2D eigenvalue weighted by atomic mass is 16.2. The molecule has 2 N–H and O–H groups in total. The van der Waals surface area contributed by atoms with Crippen molar-refractivity contribution >= 4 is 11.7 Å². The Morgan fingerprint density at radius 2 is 2.12 bits per heavy atom. The number of piperidine rings is 1. The molecule has 1 aromatic rings. The number of anilines is 1. The highest BCUT2D eigenvalue weighted by Crippen LogP contribution is 2.18. The predicted molar refractivity (Wildman–Crippen MR) is 63.0 cm³/mol. The second kappa shape index (κ2) is 4.51. The van der Waals surface area contributed by atoms with Crippen molar-refractivity contribution in [2.24, 2.45) is 5.92 Å². The Kier molecular flexibility index (Phi) is 3.08. The van der Waals surface area contributed by atoms with Gasteiger partial charge in [-0.05, 0) is 30.9 Å². The van der Waals surface area contributed by atoms with E-state index in [0.29, 0.717) is 11.4 Å². The van der Waals surface area contributed by atoms with Gasteiger partial charge in [-0.25, -0.2) is 4.98 Å². The van der Waals surface area contributed by atoms with Gasteiger partial charge in [-0.3, -0.25) is 4.79 Å². The van der Waals surface area contributed by atoms with Crippen molar-refractivity contribution in [2.75, 3.05) is 18.8 Å². The number of likely N-dealkylation sites (tertiary alicyclic amines) is 1. The molecule has 0 unspecified atom stereocenters. The summed E-state index contributed by atoms with van der Waals surface area (Å²) >= 11 is 0. The minimum Gasteiger partial charge on any atom is -0.384 e. The molecule has 1 saturated heterocycles. The van der Waals surface area contributed by atoms with Crippen LogP contribution in [0.1, 0.15) is 30.1 Å². The average Bonchev–Trinajstić information content (AvgIpc) is 2.30. The summed E-state index contributed by atoms with van der Waals surface area (Å²) in [5.74, 6) is 1.25. The Morgan fingerprint density at radius 3 is 2.69 bits per heavy atom. The number of hydrogen-bond donors (Lipinski definition) is 1. The molecule has 1 amide bonds. The van der Waals surface area contributed by atoms with Crippen LogP contribution in [0.25, 0.3) is 0 Å². The predicted octanol–water partition coefficient (Wildman–Crippen LogP) is 1.54. The summed E-state index contributed by atoms with van der Waals surface area (Å²) in [5.41, 5.74) is 6.12. The molecular weight excluding hydrogens is 202 g/mol. The maximum absolute atomic E-state index is 12.1. The SMILES string of the molecule is CC1CCN(C(=O)c2ccc(N)nc2)CC1. The fourth-order valence-electron chi connectivity index (χ4n) is 1.93. The normalized spacial score (nSPS) is 17.4. The lowest BCUT2D eigenvalue weighted by atomic mass is 9.99. The van der Waals surface area contributed by atoms with Crippen molar-refractivity contribution in [3.63, 3.8) is 0 Å². The van der Waals surface area contributed by atoms with Gasteiger partial charge in [-0.2, -0.15) is 0 Å². The third-order valence-electron chi connectivity index (χ3n) is 3.10. The van der Waals surface area contributed by atoms with Crippen molar-refractivity contribution in [3.05, 3.63) is 23.9 Å². The van der Waals surface area contributed by atoms with Crippen LogP contribution in [-0.2, 0) is 0 Å². The van der Waals surface area contributed by atoms with Crippen LogP contribution >= 0.6 is 0 Å². The highest BCUT2D eigenvalue weighted by molar-refractivity contribution is 5.94. The first-order valence-electron chi connectivity index (χ1n) is 5.67. The standard InChI is InChI=1S/C12H17N3O/c1-9-4-6-15(7-5-9)12(16)10-2-3-11(13)14-8-10/h2-3,8-9H,4-7H2,1H3,(H2,13,14). The van der Waals surface area contributed by atoms with E-state index in [1.54, 1.807) is 18.3 Å². The second-order valence-corrected chi connectivity index (χ2v) is 4.45. The monoisotopic (exact) mass is 219 g/mol. The van der Waals surface area contributed by atoms with Crippen LogP contribution in [0.3, 0.4) is 0 Å². The zero-order valence-electron chi connectivity index (χ0n) is 9.52. The van der Waals surface area contributed by atoms with E-state index < -0.39 is 0 Å². The number of aromatic nitrogens is 1. The summed E-state index contributed by atoms with van der Waals surface area (Å²) in [4.78, 5) is 17.9. The van der Waals surface area contributed by atoms with Gasteiger partial charge in [0.25, 0.3) is 5.91 Å². The molecule has 16 heavy (non-hydrogen) atoms. The Balaban J connectivity index is 2.05. The van der Waals surface area contributed by atoms with Crippen LogP contribution in [0.2, 0.25) is 0 Å². The van der Waals surface area contributed by atoms with Gasteiger partial charge in [-0.1, -0.05) is 6.92 Å². The van der Waals surface area contributed by atoms with Crippen LogP contribution in [0.15, 0.2) is 18.3 Å². The summed E-state index contributed by atoms with van der Waals surface area (Å²) < 4.78 is 0. The summed E-state index contributed by atoms with van der Waals surface area (Å²) in [6.07, 6.45) is 3.73. The minimum absolute atomic E-state index is 0.0689. The third-order valence-corrected chi connectivity index (χ3v) is 3.10. The first kappa shape index (κ1) is 10.9. The number of hydrogen-bond acceptors (Lipinski definition) is 3. The maximum atomic E-state index is 12.1. The van der Waals surface area contributed by atoms with E-state index in [0.717, 1.165) is 31.8 Å². The second-order valence-electron chi connectivity index (χ2n) is 4.45. The van der Waals surface area contributed by atoms with Gasteiger partial charge in [0.1, 0.15) is 5.82 Å². The molecule has 4 heteroatoms. The van der Waals surface area contributed by atoms with E-state index in [1.165, 1.54) is 0 Å². The van der Waals surface area contributed by atoms with Crippen molar-refractivity contribution in [3.8, 4) is 0 Å². The summed E-state index contributed by atoms with van der Waals surface area (Å²) in [6, 6.07) is 3.41.